The van der Waals surface area contributed by atoms with Gasteiger partial charge in [-0.15, -0.1) is 0 Å². The Morgan fingerprint density at radius 3 is 2.23 bits per heavy atom. The van der Waals surface area contributed by atoms with Gasteiger partial charge in [-0.05, 0) is 116 Å². The Bertz CT molecular complexity index is 1130. The van der Waals surface area contributed by atoms with Crippen LogP contribution in [-0.2, 0) is 35.2 Å². The van der Waals surface area contributed by atoms with Crippen molar-refractivity contribution in [1.82, 2.24) is 0 Å². The highest BCUT2D eigenvalue weighted by atomic mass is 16.7. The highest BCUT2D eigenvalue weighted by Gasteiger charge is 2.60. The number of carbonyl (C=O) groups is 3. The molecule has 6 nitrogen and oxygen atoms in total. The van der Waals surface area contributed by atoms with Gasteiger partial charge in [0, 0.05) is 12.8 Å². The van der Waals surface area contributed by atoms with E-state index in [1.54, 1.807) is 6.92 Å². The van der Waals surface area contributed by atoms with Gasteiger partial charge in [0.05, 0.1) is 5.92 Å². The number of hydrogen-bond acceptors (Lipinski definition) is 6. The van der Waals surface area contributed by atoms with Gasteiger partial charge in [-0.1, -0.05) is 70.9 Å². The Balaban J connectivity index is 0.989. The van der Waals surface area contributed by atoms with Crippen LogP contribution in [0.15, 0.2) is 30.3 Å². The molecule has 0 heterocycles. The summed E-state index contributed by atoms with van der Waals surface area (Å²) in [5.41, 5.74) is 1.89. The molecule has 1 aromatic rings. The largest absolute Gasteiger partial charge is 0.461 e. The van der Waals surface area contributed by atoms with Crippen molar-refractivity contribution in [3.05, 3.63) is 35.9 Å². The lowest BCUT2D eigenvalue weighted by atomic mass is 9.44. The SMILES string of the molecule is CC(CCC(=O)OCOC(=O)CC[C@@H](C)C1CCC2C3CC[C@@H]4CCCC[C@]4(C)C3CC[C@@]21C)C(=O)OCc1ccccc1. The molecule has 0 amide bonds. The molecule has 4 saturated carbocycles. The van der Waals surface area contributed by atoms with E-state index in [2.05, 4.69) is 20.8 Å². The number of carbonyl (C=O) groups excluding carboxylic acids is 3. The summed E-state index contributed by atoms with van der Waals surface area (Å²) >= 11 is 0. The Labute approximate surface area is 265 Å². The third kappa shape index (κ3) is 7.20. The lowest BCUT2D eigenvalue weighted by Gasteiger charge is -2.61. The molecule has 6 heteroatoms. The fourth-order valence-electron chi connectivity index (χ4n) is 10.4. The summed E-state index contributed by atoms with van der Waals surface area (Å²) in [6, 6.07) is 9.49. The smallest absolute Gasteiger partial charge is 0.308 e. The molecule has 4 aliphatic carbocycles. The van der Waals surface area contributed by atoms with Gasteiger partial charge < -0.3 is 14.2 Å². The molecule has 5 rings (SSSR count). The Morgan fingerprint density at radius 1 is 0.773 bits per heavy atom. The van der Waals surface area contributed by atoms with Crippen LogP contribution in [0.5, 0.6) is 0 Å². The first-order valence-electron chi connectivity index (χ1n) is 17.6. The maximum Gasteiger partial charge on any atom is 0.308 e. The summed E-state index contributed by atoms with van der Waals surface area (Å²) in [7, 11) is 0. The van der Waals surface area contributed by atoms with E-state index >= 15 is 0 Å². The van der Waals surface area contributed by atoms with E-state index in [0.29, 0.717) is 35.5 Å². The van der Waals surface area contributed by atoms with Crippen molar-refractivity contribution in [3.8, 4) is 0 Å². The fraction of sp³-hybridized carbons (Fsp3) is 0.763. The zero-order valence-electron chi connectivity index (χ0n) is 27.7. The van der Waals surface area contributed by atoms with Crippen molar-refractivity contribution in [2.24, 2.45) is 52.3 Å². The Morgan fingerprint density at radius 2 is 1.48 bits per heavy atom. The van der Waals surface area contributed by atoms with Crippen LogP contribution >= 0.6 is 0 Å². The van der Waals surface area contributed by atoms with Gasteiger partial charge in [0.2, 0.25) is 6.79 Å². The van der Waals surface area contributed by atoms with E-state index in [-0.39, 0.29) is 31.8 Å². The van der Waals surface area contributed by atoms with Gasteiger partial charge in [0.25, 0.3) is 0 Å². The molecule has 4 aliphatic rings. The monoisotopic (exact) mass is 608 g/mol. The normalized spacial score (nSPS) is 34.0. The first kappa shape index (κ1) is 33.0. The number of rotatable bonds is 12. The van der Waals surface area contributed by atoms with Crippen molar-refractivity contribution in [2.75, 3.05) is 6.79 Å². The van der Waals surface area contributed by atoms with E-state index in [4.69, 9.17) is 14.2 Å². The molecule has 5 unspecified atom stereocenters. The minimum Gasteiger partial charge on any atom is -0.461 e. The molecule has 0 bridgehead atoms. The van der Waals surface area contributed by atoms with Gasteiger partial charge in [-0.3, -0.25) is 14.4 Å². The second kappa shape index (κ2) is 14.4. The first-order chi connectivity index (χ1) is 21.1. The molecule has 9 atom stereocenters. The maximum absolute atomic E-state index is 12.5. The van der Waals surface area contributed by atoms with Crippen LogP contribution in [0.2, 0.25) is 0 Å². The quantitative estimate of drug-likeness (QED) is 0.175. The second-order valence-electron chi connectivity index (χ2n) is 15.3. The summed E-state index contributed by atoms with van der Waals surface area (Å²) in [5.74, 6) is 3.19. The molecule has 44 heavy (non-hydrogen) atoms. The van der Waals surface area contributed by atoms with Gasteiger partial charge in [0.15, 0.2) is 0 Å². The summed E-state index contributed by atoms with van der Waals surface area (Å²) in [4.78, 5) is 36.9. The molecule has 0 N–H and O–H groups in total. The fourth-order valence-corrected chi connectivity index (χ4v) is 10.4. The molecule has 0 aliphatic heterocycles. The minimum atomic E-state index is -0.481. The van der Waals surface area contributed by atoms with Crippen molar-refractivity contribution in [1.29, 1.82) is 0 Å². The molecule has 0 radical (unpaired) electrons. The van der Waals surface area contributed by atoms with Crippen molar-refractivity contribution in [2.45, 2.75) is 124 Å². The third-order valence-electron chi connectivity index (χ3n) is 13.0. The van der Waals surface area contributed by atoms with E-state index in [9.17, 15) is 14.4 Å². The van der Waals surface area contributed by atoms with Gasteiger partial charge >= 0.3 is 17.9 Å². The van der Waals surface area contributed by atoms with Crippen LogP contribution in [0.3, 0.4) is 0 Å². The number of ether oxygens (including phenoxy) is 3. The Kier molecular flexibility index (Phi) is 10.8. The van der Waals surface area contributed by atoms with Crippen LogP contribution in [0.4, 0.5) is 0 Å². The zero-order valence-corrected chi connectivity index (χ0v) is 27.7. The highest BCUT2D eigenvalue weighted by Crippen LogP contribution is 2.68. The molecule has 0 aromatic heterocycles. The zero-order chi connectivity index (χ0) is 31.3. The lowest BCUT2D eigenvalue weighted by molar-refractivity contribution is -0.167. The van der Waals surface area contributed by atoms with Gasteiger partial charge in [-0.25, -0.2) is 0 Å². The first-order valence-corrected chi connectivity index (χ1v) is 17.6. The topological polar surface area (TPSA) is 78.9 Å². The molecule has 244 valence electrons. The summed E-state index contributed by atoms with van der Waals surface area (Å²) in [6.07, 6.45) is 15.6. The van der Waals surface area contributed by atoms with E-state index in [1.807, 2.05) is 30.3 Å². The summed E-state index contributed by atoms with van der Waals surface area (Å²) < 4.78 is 15.7. The number of fused-ring (bicyclic) bond motifs is 5. The molecule has 0 saturated heterocycles. The number of benzene rings is 1. The predicted molar refractivity (Wildman–Crippen MR) is 170 cm³/mol. The Hall–Kier alpha value is -2.37. The van der Waals surface area contributed by atoms with Gasteiger partial charge in [-0.2, -0.15) is 0 Å². The molecule has 1 aromatic carbocycles. The molecule has 4 fully saturated rings. The summed E-state index contributed by atoms with van der Waals surface area (Å²) in [5, 5.41) is 0. The minimum absolute atomic E-state index is 0.0687. The van der Waals surface area contributed by atoms with Crippen LogP contribution < -0.4 is 0 Å². The van der Waals surface area contributed by atoms with E-state index in [1.165, 1.54) is 64.2 Å². The van der Waals surface area contributed by atoms with E-state index in [0.717, 1.165) is 35.7 Å². The third-order valence-corrected chi connectivity index (χ3v) is 13.0. The van der Waals surface area contributed by atoms with Gasteiger partial charge in [0.1, 0.15) is 6.61 Å². The van der Waals surface area contributed by atoms with Crippen LogP contribution in [-0.4, -0.2) is 24.7 Å². The average molecular weight is 609 g/mol. The summed E-state index contributed by atoms with van der Waals surface area (Å²) in [6.45, 7) is 9.15. The van der Waals surface area contributed by atoms with Crippen LogP contribution in [0.25, 0.3) is 0 Å². The molecule has 0 spiro atoms. The molecular weight excluding hydrogens is 552 g/mol. The second-order valence-corrected chi connectivity index (χ2v) is 15.3. The standard InChI is InChI=1S/C38H56O6/c1-26(31-17-18-32-30-16-15-29-12-8-9-22-37(29,3)33(30)21-23-38(31,32)4)13-19-34(39)43-25-44-35(40)20-14-27(2)36(41)42-24-28-10-6-5-7-11-28/h5-7,10-11,26-27,29-33H,8-9,12-25H2,1-4H3/t26-,27?,29+,30?,31?,32?,33?,37+,38-/m1/s1. The van der Waals surface area contributed by atoms with Crippen LogP contribution in [0.1, 0.15) is 123 Å². The van der Waals surface area contributed by atoms with Crippen molar-refractivity contribution >= 4 is 17.9 Å². The van der Waals surface area contributed by atoms with Crippen molar-refractivity contribution in [3.63, 3.8) is 0 Å². The highest BCUT2D eigenvalue weighted by molar-refractivity contribution is 5.74. The maximum atomic E-state index is 12.5. The average Bonchev–Trinajstić information content (AvgIpc) is 3.38. The number of hydrogen-bond donors (Lipinski definition) is 0. The number of esters is 3. The van der Waals surface area contributed by atoms with Crippen molar-refractivity contribution < 1.29 is 28.6 Å². The predicted octanol–water partition coefficient (Wildman–Crippen LogP) is 8.66. The van der Waals surface area contributed by atoms with Crippen LogP contribution in [0, 0.1) is 52.3 Å². The molecular formula is C38H56O6. The van der Waals surface area contributed by atoms with E-state index < -0.39 is 11.9 Å². The lowest BCUT2D eigenvalue weighted by Crippen LogP contribution is -2.53.